The molecule has 6 atom stereocenters. The molecule has 4 heteroatoms. The minimum Gasteiger partial charge on any atom is -0.444 e. The van der Waals surface area contributed by atoms with Crippen molar-refractivity contribution in [2.45, 2.75) is 44.9 Å². The number of nitrogens with one attached hydrogen (secondary N) is 1. The minimum absolute atomic E-state index is 0.153. The molecule has 4 unspecified atom stereocenters. The van der Waals surface area contributed by atoms with Crippen LogP contribution in [0.4, 0.5) is 4.79 Å². The second-order valence-corrected chi connectivity index (χ2v) is 6.38. The smallest absolute Gasteiger partial charge is 0.407 e. The highest BCUT2D eigenvalue weighted by molar-refractivity contribution is 5.68. The Balaban J connectivity index is 1.59. The van der Waals surface area contributed by atoms with Gasteiger partial charge in [0.2, 0.25) is 0 Å². The summed E-state index contributed by atoms with van der Waals surface area (Å²) in [5, 5.41) is 12.8. The lowest BCUT2D eigenvalue weighted by Crippen LogP contribution is -2.42. The molecule has 16 heavy (non-hydrogen) atoms. The summed E-state index contributed by atoms with van der Waals surface area (Å²) in [6, 6.07) is 0.153. The highest BCUT2D eigenvalue weighted by Gasteiger charge is 2.73. The van der Waals surface area contributed by atoms with Crippen LogP contribution in [0.25, 0.3) is 0 Å². The molecular formula is C12H19NO3. The topological polar surface area (TPSA) is 58.6 Å². The Labute approximate surface area is 95.4 Å². The molecule has 0 aromatic carbocycles. The average molecular weight is 225 g/mol. The van der Waals surface area contributed by atoms with Crippen molar-refractivity contribution >= 4 is 6.09 Å². The molecule has 0 saturated heterocycles. The molecule has 4 rings (SSSR count). The fraction of sp³-hybridized carbons (Fsp3) is 0.917. The van der Waals surface area contributed by atoms with Gasteiger partial charge in [-0.05, 0) is 44.9 Å². The summed E-state index contributed by atoms with van der Waals surface area (Å²) in [7, 11) is 0. The Bertz CT molecular complexity index is 336. The van der Waals surface area contributed by atoms with Crippen molar-refractivity contribution in [1.29, 1.82) is 0 Å². The van der Waals surface area contributed by atoms with Gasteiger partial charge in [-0.3, -0.25) is 0 Å². The molecule has 4 aliphatic rings. The summed E-state index contributed by atoms with van der Waals surface area (Å²) >= 11 is 0. The van der Waals surface area contributed by atoms with Crippen molar-refractivity contribution in [2.75, 3.05) is 0 Å². The van der Waals surface area contributed by atoms with E-state index < -0.39 is 5.60 Å². The third-order valence-corrected chi connectivity index (χ3v) is 4.23. The Kier molecular flexibility index (Phi) is 1.89. The van der Waals surface area contributed by atoms with Crippen molar-refractivity contribution in [1.82, 2.24) is 5.32 Å². The first-order chi connectivity index (χ1) is 7.38. The van der Waals surface area contributed by atoms with Crippen LogP contribution in [0, 0.1) is 23.7 Å². The van der Waals surface area contributed by atoms with Crippen LogP contribution in [-0.2, 0) is 4.74 Å². The minimum atomic E-state index is -0.451. The molecule has 0 aliphatic heterocycles. The first kappa shape index (κ1) is 10.4. The number of aliphatic hydroxyl groups is 1. The van der Waals surface area contributed by atoms with Crippen LogP contribution in [-0.4, -0.2) is 28.9 Å². The summed E-state index contributed by atoms with van der Waals surface area (Å²) in [4.78, 5) is 11.6. The molecule has 4 nitrogen and oxygen atoms in total. The van der Waals surface area contributed by atoms with Crippen LogP contribution in [0.15, 0.2) is 0 Å². The molecular weight excluding hydrogens is 206 g/mol. The molecule has 90 valence electrons. The van der Waals surface area contributed by atoms with Gasteiger partial charge in [-0.1, -0.05) is 0 Å². The van der Waals surface area contributed by atoms with E-state index in [1.54, 1.807) is 0 Å². The molecule has 0 spiro atoms. The SMILES string of the molecule is CC(C)(C)OC(=O)NC1[C@H]2CC3C(C2O)[C@@H]31. The van der Waals surface area contributed by atoms with E-state index in [-0.39, 0.29) is 24.2 Å². The number of hydrogen-bond donors (Lipinski definition) is 2. The van der Waals surface area contributed by atoms with Crippen molar-refractivity contribution < 1.29 is 14.6 Å². The Morgan fingerprint density at radius 2 is 2.00 bits per heavy atom. The van der Waals surface area contributed by atoms with Gasteiger partial charge in [0.15, 0.2) is 0 Å². The Morgan fingerprint density at radius 3 is 2.38 bits per heavy atom. The maximum absolute atomic E-state index is 11.6. The normalized spacial score (nSPS) is 48.0. The molecule has 0 heterocycles. The lowest BCUT2D eigenvalue weighted by atomic mass is 10.1. The van der Waals surface area contributed by atoms with Crippen LogP contribution in [0.2, 0.25) is 0 Å². The lowest BCUT2D eigenvalue weighted by molar-refractivity contribution is 0.0476. The van der Waals surface area contributed by atoms with Crippen molar-refractivity contribution in [3.05, 3.63) is 0 Å². The third kappa shape index (κ3) is 1.35. The molecule has 4 aliphatic carbocycles. The van der Waals surface area contributed by atoms with Gasteiger partial charge < -0.3 is 15.2 Å². The molecule has 2 N–H and O–H groups in total. The fourth-order valence-electron chi connectivity index (χ4n) is 3.76. The number of alkyl carbamates (subject to hydrolysis) is 1. The number of hydrogen-bond acceptors (Lipinski definition) is 3. The maximum atomic E-state index is 11.6. The van der Waals surface area contributed by atoms with Gasteiger partial charge in [0, 0.05) is 12.0 Å². The van der Waals surface area contributed by atoms with E-state index in [0.29, 0.717) is 17.8 Å². The molecule has 4 bridgehead atoms. The number of carbonyl (C=O) groups excluding carboxylic acids is 1. The number of ether oxygens (including phenoxy) is 1. The number of carbonyl (C=O) groups is 1. The van der Waals surface area contributed by atoms with Gasteiger partial charge >= 0.3 is 6.09 Å². The highest BCUT2D eigenvalue weighted by Crippen LogP contribution is 2.70. The van der Waals surface area contributed by atoms with Gasteiger partial charge in [0.25, 0.3) is 0 Å². The van der Waals surface area contributed by atoms with Crippen LogP contribution in [0.3, 0.4) is 0 Å². The quantitative estimate of drug-likeness (QED) is 0.703. The second kappa shape index (κ2) is 2.92. The monoisotopic (exact) mass is 225 g/mol. The molecule has 0 aromatic rings. The van der Waals surface area contributed by atoms with E-state index >= 15 is 0 Å². The van der Waals surface area contributed by atoms with E-state index in [9.17, 15) is 9.90 Å². The largest absolute Gasteiger partial charge is 0.444 e. The van der Waals surface area contributed by atoms with Gasteiger partial charge in [0.1, 0.15) is 5.60 Å². The predicted molar refractivity (Wildman–Crippen MR) is 57.7 cm³/mol. The first-order valence-corrected chi connectivity index (χ1v) is 6.06. The van der Waals surface area contributed by atoms with E-state index in [1.165, 1.54) is 0 Å². The molecule has 4 saturated carbocycles. The van der Waals surface area contributed by atoms with Crippen molar-refractivity contribution in [3.8, 4) is 0 Å². The lowest BCUT2D eigenvalue weighted by Gasteiger charge is -2.23. The zero-order valence-electron chi connectivity index (χ0n) is 9.93. The van der Waals surface area contributed by atoms with Gasteiger partial charge in [0.05, 0.1) is 6.10 Å². The first-order valence-electron chi connectivity index (χ1n) is 6.06. The molecule has 1 amide bonds. The summed E-state index contributed by atoms with van der Waals surface area (Å²) in [5.41, 5.74) is -0.451. The van der Waals surface area contributed by atoms with Crippen LogP contribution < -0.4 is 5.32 Å². The highest BCUT2D eigenvalue weighted by atomic mass is 16.6. The average Bonchev–Trinajstić information content (AvgIpc) is 2.43. The van der Waals surface area contributed by atoms with Gasteiger partial charge in [-0.25, -0.2) is 4.79 Å². The second-order valence-electron chi connectivity index (χ2n) is 6.38. The molecule has 0 radical (unpaired) electrons. The number of amides is 1. The predicted octanol–water partition coefficient (Wildman–Crippen LogP) is 1.14. The Hall–Kier alpha value is -0.770. The van der Waals surface area contributed by atoms with Crippen molar-refractivity contribution in [2.24, 2.45) is 23.7 Å². The molecule has 4 fully saturated rings. The maximum Gasteiger partial charge on any atom is 0.407 e. The standard InChI is InChI=1S/C12H19NO3/c1-12(2,3)16-11(15)13-9-6-4-5-7(9)8(5)10(6)14/h5-10,14H,4H2,1-3H3,(H,13,15)/t5?,6-,7-,8?,9?,10?/m1/s1. The number of aliphatic hydroxyl groups excluding tert-OH is 1. The summed E-state index contributed by atoms with van der Waals surface area (Å²) in [5.74, 6) is 1.92. The number of rotatable bonds is 1. The van der Waals surface area contributed by atoms with Gasteiger partial charge in [-0.2, -0.15) is 0 Å². The van der Waals surface area contributed by atoms with E-state index in [4.69, 9.17) is 4.74 Å². The third-order valence-electron chi connectivity index (χ3n) is 4.23. The fourth-order valence-corrected chi connectivity index (χ4v) is 3.76. The summed E-state index contributed by atoms with van der Waals surface area (Å²) in [6.07, 6.45) is 0.551. The van der Waals surface area contributed by atoms with Crippen LogP contribution >= 0.6 is 0 Å². The molecule has 0 aromatic heterocycles. The zero-order chi connectivity index (χ0) is 11.7. The van der Waals surface area contributed by atoms with Crippen LogP contribution in [0.5, 0.6) is 0 Å². The van der Waals surface area contributed by atoms with E-state index in [1.807, 2.05) is 20.8 Å². The van der Waals surface area contributed by atoms with E-state index in [2.05, 4.69) is 5.32 Å². The summed E-state index contributed by atoms with van der Waals surface area (Å²) in [6.45, 7) is 5.57. The van der Waals surface area contributed by atoms with Gasteiger partial charge in [-0.15, -0.1) is 0 Å². The van der Waals surface area contributed by atoms with E-state index in [0.717, 1.165) is 6.42 Å². The zero-order valence-corrected chi connectivity index (χ0v) is 9.93. The summed E-state index contributed by atoms with van der Waals surface area (Å²) < 4.78 is 5.24. The van der Waals surface area contributed by atoms with Crippen LogP contribution in [0.1, 0.15) is 27.2 Å². The Morgan fingerprint density at radius 1 is 1.31 bits per heavy atom. The van der Waals surface area contributed by atoms with Crippen molar-refractivity contribution in [3.63, 3.8) is 0 Å².